The summed E-state index contributed by atoms with van der Waals surface area (Å²) in [4.78, 5) is 23.8. The number of aromatic nitrogens is 6. The molecule has 4 aromatic rings. The first-order valence-electron chi connectivity index (χ1n) is 8.04. The van der Waals surface area contributed by atoms with Gasteiger partial charge in [0.25, 0.3) is 5.56 Å². The number of H-pyrrole nitrogens is 1. The van der Waals surface area contributed by atoms with Gasteiger partial charge < -0.3 is 9.55 Å². The van der Waals surface area contributed by atoms with Crippen LogP contribution >= 0.6 is 11.8 Å². The number of benzene rings is 1. The topological polar surface area (TPSA) is 89.4 Å². The van der Waals surface area contributed by atoms with Crippen molar-refractivity contribution in [2.75, 3.05) is 0 Å². The molecule has 0 unspecified atom stereocenters. The molecule has 0 atom stereocenters. The van der Waals surface area contributed by atoms with Crippen LogP contribution in [0.15, 0.2) is 52.7 Å². The third-order valence-corrected chi connectivity index (χ3v) is 5.11. The van der Waals surface area contributed by atoms with Crippen molar-refractivity contribution in [2.45, 2.75) is 17.8 Å². The van der Waals surface area contributed by atoms with Crippen molar-refractivity contribution >= 4 is 22.7 Å². The average Bonchev–Trinajstić information content (AvgIpc) is 3.02. The van der Waals surface area contributed by atoms with Gasteiger partial charge in [0, 0.05) is 25.0 Å². The van der Waals surface area contributed by atoms with Gasteiger partial charge in [-0.25, -0.2) is 4.98 Å². The van der Waals surface area contributed by atoms with Crippen molar-refractivity contribution in [1.29, 1.82) is 0 Å². The summed E-state index contributed by atoms with van der Waals surface area (Å²) in [6.07, 6.45) is 3.48. The maximum atomic E-state index is 12.3. The number of thioether (sulfide) groups is 1. The van der Waals surface area contributed by atoms with E-state index in [1.165, 1.54) is 11.8 Å². The van der Waals surface area contributed by atoms with Crippen molar-refractivity contribution in [2.24, 2.45) is 7.05 Å². The van der Waals surface area contributed by atoms with Crippen LogP contribution in [0.5, 0.6) is 0 Å². The van der Waals surface area contributed by atoms with Crippen LogP contribution in [-0.2, 0) is 12.8 Å². The van der Waals surface area contributed by atoms with Gasteiger partial charge >= 0.3 is 0 Å². The highest BCUT2D eigenvalue weighted by Gasteiger charge is 2.13. The van der Waals surface area contributed by atoms with Crippen LogP contribution in [0.4, 0.5) is 0 Å². The van der Waals surface area contributed by atoms with Crippen molar-refractivity contribution in [3.05, 3.63) is 64.5 Å². The number of rotatable bonds is 4. The molecule has 26 heavy (non-hydrogen) atoms. The summed E-state index contributed by atoms with van der Waals surface area (Å²) < 4.78 is 1.91. The van der Waals surface area contributed by atoms with Gasteiger partial charge in [0.05, 0.1) is 16.7 Å². The molecule has 0 saturated heterocycles. The van der Waals surface area contributed by atoms with Gasteiger partial charge in [-0.15, -0.1) is 10.2 Å². The molecule has 1 N–H and O–H groups in total. The van der Waals surface area contributed by atoms with Gasteiger partial charge in [0.15, 0.2) is 11.0 Å². The molecule has 4 rings (SSSR count). The number of nitrogens with one attached hydrogen (secondary N) is 1. The predicted molar refractivity (Wildman–Crippen MR) is 101 cm³/mol. The molecular weight excluding hydrogens is 348 g/mol. The van der Waals surface area contributed by atoms with Crippen molar-refractivity contribution in [1.82, 2.24) is 29.7 Å². The molecule has 0 fully saturated rings. The summed E-state index contributed by atoms with van der Waals surface area (Å²) in [5.74, 6) is 1.86. The molecule has 3 heterocycles. The second kappa shape index (κ2) is 6.72. The van der Waals surface area contributed by atoms with Crippen LogP contribution in [0, 0.1) is 6.92 Å². The monoisotopic (exact) mass is 364 g/mol. The molecule has 0 bridgehead atoms. The van der Waals surface area contributed by atoms with Crippen molar-refractivity contribution in [3.63, 3.8) is 0 Å². The van der Waals surface area contributed by atoms with Crippen molar-refractivity contribution in [3.8, 4) is 11.4 Å². The van der Waals surface area contributed by atoms with Crippen LogP contribution in [-0.4, -0.2) is 29.7 Å². The third-order valence-electron chi connectivity index (χ3n) is 4.08. The zero-order valence-electron chi connectivity index (χ0n) is 14.3. The Kier molecular flexibility index (Phi) is 4.26. The molecule has 7 nitrogen and oxygen atoms in total. The fraction of sp³-hybridized carbons (Fsp3) is 0.167. The van der Waals surface area contributed by atoms with E-state index in [1.54, 1.807) is 18.5 Å². The van der Waals surface area contributed by atoms with E-state index in [9.17, 15) is 4.79 Å². The lowest BCUT2D eigenvalue weighted by Crippen LogP contribution is -2.12. The summed E-state index contributed by atoms with van der Waals surface area (Å²) in [5.41, 5.74) is 2.50. The van der Waals surface area contributed by atoms with Gasteiger partial charge in [-0.05, 0) is 30.7 Å². The molecule has 0 radical (unpaired) electrons. The standard InChI is InChI=1S/C18H16N6OS/c1-11-5-3-7-13-15(11)20-14(21-17(13)25)10-26-18-23-22-16(24(18)2)12-6-4-8-19-9-12/h3-9H,10H2,1-2H3,(H,20,21,25). The van der Waals surface area contributed by atoms with E-state index in [4.69, 9.17) is 0 Å². The lowest BCUT2D eigenvalue weighted by Gasteiger charge is -2.05. The number of para-hydroxylation sites is 1. The Morgan fingerprint density at radius 2 is 2.08 bits per heavy atom. The van der Waals surface area contributed by atoms with E-state index in [2.05, 4.69) is 25.1 Å². The van der Waals surface area contributed by atoms with Gasteiger partial charge in [0.2, 0.25) is 0 Å². The molecular formula is C18H16N6OS. The van der Waals surface area contributed by atoms with Gasteiger partial charge in [-0.2, -0.15) is 0 Å². The lowest BCUT2D eigenvalue weighted by atomic mass is 10.1. The molecule has 8 heteroatoms. The maximum absolute atomic E-state index is 12.3. The number of fused-ring (bicyclic) bond motifs is 1. The Bertz CT molecular complexity index is 1140. The second-order valence-electron chi connectivity index (χ2n) is 5.88. The quantitative estimate of drug-likeness (QED) is 0.560. The lowest BCUT2D eigenvalue weighted by molar-refractivity contribution is 0.792. The minimum absolute atomic E-state index is 0.122. The Labute approximate surface area is 153 Å². The summed E-state index contributed by atoms with van der Waals surface area (Å²) in [6.45, 7) is 1.95. The minimum atomic E-state index is -0.122. The van der Waals surface area contributed by atoms with Crippen LogP contribution in [0.25, 0.3) is 22.3 Å². The van der Waals surface area contributed by atoms with E-state index < -0.39 is 0 Å². The first kappa shape index (κ1) is 16.5. The first-order valence-corrected chi connectivity index (χ1v) is 9.03. The zero-order valence-corrected chi connectivity index (χ0v) is 15.1. The molecule has 0 aliphatic carbocycles. The van der Waals surface area contributed by atoms with E-state index in [1.807, 2.05) is 42.8 Å². The third kappa shape index (κ3) is 2.99. The molecule has 0 amide bonds. The highest BCUT2D eigenvalue weighted by atomic mass is 32.2. The summed E-state index contributed by atoms with van der Waals surface area (Å²) in [5, 5.41) is 9.83. The molecule has 0 spiro atoms. The number of aromatic amines is 1. The van der Waals surface area contributed by atoms with E-state index in [0.29, 0.717) is 17.0 Å². The van der Waals surface area contributed by atoms with Crippen molar-refractivity contribution < 1.29 is 0 Å². The Hall–Kier alpha value is -3.00. The van der Waals surface area contributed by atoms with Gasteiger partial charge in [-0.1, -0.05) is 23.9 Å². The smallest absolute Gasteiger partial charge is 0.258 e. The molecule has 0 saturated carbocycles. The molecule has 130 valence electrons. The SMILES string of the molecule is Cc1cccc2c(=O)[nH]c(CSc3nnc(-c4cccnc4)n3C)nc12. The average molecular weight is 364 g/mol. The Morgan fingerprint density at radius 3 is 2.88 bits per heavy atom. The molecule has 3 aromatic heterocycles. The number of hydrogen-bond donors (Lipinski definition) is 1. The normalized spacial score (nSPS) is 11.2. The first-order chi connectivity index (χ1) is 12.6. The fourth-order valence-electron chi connectivity index (χ4n) is 2.74. The van der Waals surface area contributed by atoms with Crippen LogP contribution in [0.2, 0.25) is 0 Å². The fourth-order valence-corrected chi connectivity index (χ4v) is 3.52. The number of pyridine rings is 1. The number of nitrogens with zero attached hydrogens (tertiary/aromatic N) is 5. The second-order valence-corrected chi connectivity index (χ2v) is 6.82. The molecule has 1 aromatic carbocycles. The Morgan fingerprint density at radius 1 is 1.19 bits per heavy atom. The maximum Gasteiger partial charge on any atom is 0.258 e. The summed E-state index contributed by atoms with van der Waals surface area (Å²) in [6, 6.07) is 9.41. The minimum Gasteiger partial charge on any atom is -0.309 e. The highest BCUT2D eigenvalue weighted by Crippen LogP contribution is 2.24. The van der Waals surface area contributed by atoms with Crippen LogP contribution < -0.4 is 5.56 Å². The van der Waals surface area contributed by atoms with Gasteiger partial charge in [0.1, 0.15) is 5.82 Å². The number of hydrogen-bond acceptors (Lipinski definition) is 6. The number of aryl methyl sites for hydroxylation is 1. The molecule has 0 aliphatic heterocycles. The largest absolute Gasteiger partial charge is 0.309 e. The van der Waals surface area contributed by atoms with Crippen LogP contribution in [0.1, 0.15) is 11.4 Å². The molecule has 0 aliphatic rings. The summed E-state index contributed by atoms with van der Waals surface area (Å²) >= 11 is 1.48. The van der Waals surface area contributed by atoms with E-state index >= 15 is 0 Å². The summed E-state index contributed by atoms with van der Waals surface area (Å²) in [7, 11) is 1.91. The van der Waals surface area contributed by atoms with E-state index in [-0.39, 0.29) is 5.56 Å². The highest BCUT2D eigenvalue weighted by molar-refractivity contribution is 7.98. The predicted octanol–water partition coefficient (Wildman–Crippen LogP) is 2.71. The van der Waals surface area contributed by atoms with Crippen LogP contribution in [0.3, 0.4) is 0 Å². The zero-order chi connectivity index (χ0) is 18.1. The Balaban J connectivity index is 1.60. The van der Waals surface area contributed by atoms with Gasteiger partial charge in [-0.3, -0.25) is 9.78 Å². The van der Waals surface area contributed by atoms with E-state index in [0.717, 1.165) is 27.6 Å².